The number of hydrogen-bond donors (Lipinski definition) is 1. The maximum Gasteiger partial charge on any atom is 0.113 e. The van der Waals surface area contributed by atoms with Crippen molar-refractivity contribution in [1.82, 2.24) is 0 Å². The van der Waals surface area contributed by atoms with Crippen molar-refractivity contribution in [3.8, 4) is 0 Å². The number of halogens is 1. The molecule has 1 aromatic carbocycles. The first-order valence-electron chi connectivity index (χ1n) is 4.10. The molecule has 0 bridgehead atoms. The van der Waals surface area contributed by atoms with Crippen LogP contribution in [0.3, 0.4) is 0 Å². The predicted octanol–water partition coefficient (Wildman–Crippen LogP) is 1.66. The molecule has 0 radical (unpaired) electrons. The summed E-state index contributed by atoms with van der Waals surface area (Å²) in [5.74, 6) is 0. The summed E-state index contributed by atoms with van der Waals surface area (Å²) in [6.45, 7) is -0.0851. The van der Waals surface area contributed by atoms with Crippen LogP contribution in [0.2, 0.25) is 0 Å². The topological polar surface area (TPSA) is 20.2 Å². The van der Waals surface area contributed by atoms with Gasteiger partial charge in [0.1, 0.15) is 6.17 Å². The molecule has 1 saturated carbocycles. The van der Waals surface area contributed by atoms with E-state index < -0.39 is 11.6 Å². The van der Waals surface area contributed by atoms with Crippen LogP contribution in [-0.2, 0) is 5.41 Å². The van der Waals surface area contributed by atoms with E-state index >= 15 is 0 Å². The largest absolute Gasteiger partial charge is 0.395 e. The van der Waals surface area contributed by atoms with E-state index in [0.717, 1.165) is 5.56 Å². The molecule has 1 N–H and O–H groups in total. The third-order valence-corrected chi connectivity index (χ3v) is 2.61. The fourth-order valence-corrected chi connectivity index (χ4v) is 1.58. The zero-order valence-corrected chi connectivity index (χ0v) is 6.70. The maximum absolute atomic E-state index is 13.0. The third-order valence-electron chi connectivity index (χ3n) is 2.61. The first kappa shape index (κ1) is 7.74. The highest BCUT2D eigenvalue weighted by Gasteiger charge is 2.55. The zero-order chi connectivity index (χ0) is 8.60. The fraction of sp³-hybridized carbons (Fsp3) is 0.400. The van der Waals surface area contributed by atoms with Crippen LogP contribution in [0.1, 0.15) is 12.0 Å². The molecule has 1 nitrogen and oxygen atoms in total. The molecule has 0 amide bonds. The van der Waals surface area contributed by atoms with E-state index in [1.807, 2.05) is 30.3 Å². The molecular weight excluding hydrogens is 155 g/mol. The number of alkyl halides is 1. The van der Waals surface area contributed by atoms with Crippen molar-refractivity contribution in [3.63, 3.8) is 0 Å². The Bertz CT molecular complexity index is 268. The Hall–Kier alpha value is -0.890. The second kappa shape index (κ2) is 2.56. The van der Waals surface area contributed by atoms with Crippen LogP contribution in [0, 0.1) is 0 Å². The molecule has 1 aliphatic rings. The number of hydrogen-bond acceptors (Lipinski definition) is 1. The number of benzene rings is 1. The van der Waals surface area contributed by atoms with E-state index in [9.17, 15) is 4.39 Å². The van der Waals surface area contributed by atoms with Crippen molar-refractivity contribution >= 4 is 0 Å². The highest BCUT2D eigenvalue weighted by Crippen LogP contribution is 2.50. The lowest BCUT2D eigenvalue weighted by atomic mass is 9.97. The Balaban J connectivity index is 2.31. The summed E-state index contributed by atoms with van der Waals surface area (Å²) in [5.41, 5.74) is 0.348. The van der Waals surface area contributed by atoms with Crippen LogP contribution in [0.15, 0.2) is 30.3 Å². The van der Waals surface area contributed by atoms with Crippen LogP contribution in [0.5, 0.6) is 0 Å². The van der Waals surface area contributed by atoms with Gasteiger partial charge >= 0.3 is 0 Å². The van der Waals surface area contributed by atoms with Gasteiger partial charge in [0.15, 0.2) is 0 Å². The first-order chi connectivity index (χ1) is 5.79. The lowest BCUT2D eigenvalue weighted by Crippen LogP contribution is -2.15. The van der Waals surface area contributed by atoms with Crippen molar-refractivity contribution < 1.29 is 9.50 Å². The Morgan fingerprint density at radius 2 is 2.00 bits per heavy atom. The van der Waals surface area contributed by atoms with Crippen molar-refractivity contribution in [1.29, 1.82) is 0 Å². The van der Waals surface area contributed by atoms with Crippen molar-refractivity contribution in [3.05, 3.63) is 35.9 Å². The van der Waals surface area contributed by atoms with E-state index in [-0.39, 0.29) is 6.61 Å². The van der Waals surface area contributed by atoms with Gasteiger partial charge in [-0.15, -0.1) is 0 Å². The summed E-state index contributed by atoms with van der Waals surface area (Å²) in [6.07, 6.45) is -0.391. The molecule has 1 aliphatic carbocycles. The van der Waals surface area contributed by atoms with E-state index in [1.54, 1.807) is 0 Å². The number of aliphatic hydroxyl groups is 1. The van der Waals surface area contributed by atoms with Gasteiger partial charge in [-0.25, -0.2) is 4.39 Å². The van der Waals surface area contributed by atoms with Crippen molar-refractivity contribution in [2.45, 2.75) is 18.0 Å². The van der Waals surface area contributed by atoms with Crippen LogP contribution in [0.4, 0.5) is 4.39 Å². The fourth-order valence-electron chi connectivity index (χ4n) is 1.58. The minimum Gasteiger partial charge on any atom is -0.395 e. The smallest absolute Gasteiger partial charge is 0.113 e. The van der Waals surface area contributed by atoms with Gasteiger partial charge in [0, 0.05) is 0 Å². The highest BCUT2D eigenvalue weighted by molar-refractivity contribution is 5.34. The Labute approximate surface area is 70.8 Å². The van der Waals surface area contributed by atoms with Crippen LogP contribution in [0.25, 0.3) is 0 Å². The Morgan fingerprint density at radius 3 is 2.42 bits per heavy atom. The standard InChI is InChI=1S/C10H11FO/c11-9-6-10(9,7-12)8-4-2-1-3-5-8/h1-5,9,12H,6-7H2/t9-,10-/m0/s1. The van der Waals surface area contributed by atoms with Crippen molar-refractivity contribution in [2.24, 2.45) is 0 Å². The normalized spacial score (nSPS) is 33.3. The van der Waals surface area contributed by atoms with Gasteiger partial charge in [-0.2, -0.15) is 0 Å². The van der Waals surface area contributed by atoms with Gasteiger partial charge in [0.05, 0.1) is 12.0 Å². The molecule has 1 aromatic rings. The van der Waals surface area contributed by atoms with Gasteiger partial charge in [0.2, 0.25) is 0 Å². The Morgan fingerprint density at radius 1 is 1.42 bits per heavy atom. The maximum atomic E-state index is 13.0. The van der Waals surface area contributed by atoms with Crippen molar-refractivity contribution in [2.75, 3.05) is 6.61 Å². The summed E-state index contributed by atoms with van der Waals surface area (Å²) in [4.78, 5) is 0. The lowest BCUT2D eigenvalue weighted by Gasteiger charge is -2.10. The summed E-state index contributed by atoms with van der Waals surface area (Å²) < 4.78 is 13.0. The quantitative estimate of drug-likeness (QED) is 0.708. The molecule has 2 heteroatoms. The molecule has 2 rings (SSSR count). The SMILES string of the molecule is OC[C@]1(c2ccccc2)C[C@@H]1F. The average molecular weight is 166 g/mol. The summed E-state index contributed by atoms with van der Waals surface area (Å²) >= 11 is 0. The monoisotopic (exact) mass is 166 g/mol. The molecule has 1 fully saturated rings. The van der Waals surface area contributed by atoms with E-state index in [0.29, 0.717) is 6.42 Å². The molecule has 0 aromatic heterocycles. The summed E-state index contributed by atoms with van der Waals surface area (Å²) in [7, 11) is 0. The lowest BCUT2D eigenvalue weighted by molar-refractivity contribution is 0.233. The summed E-state index contributed by atoms with van der Waals surface area (Å²) in [6, 6.07) is 9.38. The number of rotatable bonds is 2. The van der Waals surface area contributed by atoms with Crippen LogP contribution < -0.4 is 0 Å². The van der Waals surface area contributed by atoms with Gasteiger partial charge < -0.3 is 5.11 Å². The van der Waals surface area contributed by atoms with E-state index in [2.05, 4.69) is 0 Å². The second-order valence-electron chi connectivity index (χ2n) is 3.35. The van der Waals surface area contributed by atoms with E-state index in [4.69, 9.17) is 5.11 Å². The van der Waals surface area contributed by atoms with Gasteiger partial charge in [0.25, 0.3) is 0 Å². The molecule has 64 valence electrons. The molecule has 0 heterocycles. The third kappa shape index (κ3) is 0.950. The van der Waals surface area contributed by atoms with Gasteiger partial charge in [-0.1, -0.05) is 30.3 Å². The van der Waals surface area contributed by atoms with Crippen LogP contribution >= 0.6 is 0 Å². The average Bonchev–Trinajstić information content (AvgIpc) is 2.80. The molecule has 0 unspecified atom stereocenters. The van der Waals surface area contributed by atoms with E-state index in [1.165, 1.54) is 0 Å². The molecule has 0 aliphatic heterocycles. The van der Waals surface area contributed by atoms with Gasteiger partial charge in [-0.05, 0) is 12.0 Å². The minimum atomic E-state index is -0.857. The predicted molar refractivity (Wildman–Crippen MR) is 44.7 cm³/mol. The molecule has 12 heavy (non-hydrogen) atoms. The Kier molecular flexibility index (Phi) is 1.65. The zero-order valence-electron chi connectivity index (χ0n) is 6.70. The molecule has 2 atom stereocenters. The second-order valence-corrected chi connectivity index (χ2v) is 3.35. The number of aliphatic hydroxyl groups excluding tert-OH is 1. The molecule has 0 spiro atoms. The van der Waals surface area contributed by atoms with Gasteiger partial charge in [-0.3, -0.25) is 0 Å². The highest BCUT2D eigenvalue weighted by atomic mass is 19.1. The molecule has 0 saturated heterocycles. The van der Waals surface area contributed by atoms with Crippen LogP contribution in [-0.4, -0.2) is 17.9 Å². The first-order valence-corrected chi connectivity index (χ1v) is 4.10. The summed E-state index contributed by atoms with van der Waals surface area (Å²) in [5, 5.41) is 9.04. The molecular formula is C10H11FO. The minimum absolute atomic E-state index is 0.0851.